The number of likely N-dealkylation sites (N-methyl/N-ethyl adjacent to an activating group) is 1. The SMILES string of the molecule is CCOC(=O)C1=C(C)c2ccccc2C2(C1)C(=O)N(C)c1ccccc12. The highest BCUT2D eigenvalue weighted by atomic mass is 16.5. The summed E-state index contributed by atoms with van der Waals surface area (Å²) in [5.74, 6) is -0.334. The molecule has 2 aliphatic rings. The maximum absolute atomic E-state index is 13.5. The number of hydrogen-bond donors (Lipinski definition) is 0. The molecule has 132 valence electrons. The molecule has 1 aliphatic heterocycles. The molecule has 1 aliphatic carbocycles. The van der Waals surface area contributed by atoms with Crippen molar-refractivity contribution in [2.24, 2.45) is 0 Å². The van der Waals surface area contributed by atoms with E-state index in [1.165, 1.54) is 0 Å². The maximum atomic E-state index is 13.5. The molecule has 0 bridgehead atoms. The Morgan fingerprint density at radius 3 is 2.50 bits per heavy atom. The van der Waals surface area contributed by atoms with Crippen LogP contribution in [-0.4, -0.2) is 25.5 Å². The largest absolute Gasteiger partial charge is 0.463 e. The van der Waals surface area contributed by atoms with Gasteiger partial charge in [0.2, 0.25) is 5.91 Å². The number of allylic oxidation sites excluding steroid dienone is 1. The Kier molecular flexibility index (Phi) is 3.72. The molecule has 1 spiro atoms. The Labute approximate surface area is 153 Å². The van der Waals surface area contributed by atoms with E-state index in [-0.39, 0.29) is 11.9 Å². The number of carbonyl (C=O) groups is 2. The van der Waals surface area contributed by atoms with Crippen molar-refractivity contribution in [2.75, 3.05) is 18.6 Å². The van der Waals surface area contributed by atoms with Gasteiger partial charge in [0, 0.05) is 24.7 Å². The number of rotatable bonds is 2. The summed E-state index contributed by atoms with van der Waals surface area (Å²) in [6.07, 6.45) is 0.328. The summed E-state index contributed by atoms with van der Waals surface area (Å²) < 4.78 is 5.30. The molecule has 0 fully saturated rings. The molecule has 1 heterocycles. The number of amides is 1. The highest BCUT2D eigenvalue weighted by Gasteiger charge is 2.54. The van der Waals surface area contributed by atoms with Gasteiger partial charge in [0.15, 0.2) is 0 Å². The Morgan fingerprint density at radius 2 is 1.77 bits per heavy atom. The normalized spacial score (nSPS) is 21.0. The molecule has 2 aromatic carbocycles. The Morgan fingerprint density at radius 1 is 1.12 bits per heavy atom. The Bertz CT molecular complexity index is 959. The number of carbonyl (C=O) groups excluding carboxylic acids is 2. The molecule has 1 amide bonds. The van der Waals surface area contributed by atoms with Crippen molar-refractivity contribution >= 4 is 23.1 Å². The van der Waals surface area contributed by atoms with Gasteiger partial charge in [-0.2, -0.15) is 0 Å². The lowest BCUT2D eigenvalue weighted by Gasteiger charge is -2.36. The van der Waals surface area contributed by atoms with Crippen molar-refractivity contribution in [3.05, 3.63) is 70.8 Å². The van der Waals surface area contributed by atoms with E-state index in [1.807, 2.05) is 55.5 Å². The van der Waals surface area contributed by atoms with Crippen LogP contribution in [0.1, 0.15) is 37.0 Å². The van der Waals surface area contributed by atoms with Gasteiger partial charge in [-0.05, 0) is 42.2 Å². The number of para-hydroxylation sites is 1. The monoisotopic (exact) mass is 347 g/mol. The lowest BCUT2D eigenvalue weighted by atomic mass is 9.65. The second-order valence-electron chi connectivity index (χ2n) is 6.83. The fraction of sp³-hybridized carbons (Fsp3) is 0.273. The highest BCUT2D eigenvalue weighted by molar-refractivity contribution is 6.13. The lowest BCUT2D eigenvalue weighted by molar-refractivity contribution is -0.138. The molecule has 0 N–H and O–H groups in total. The van der Waals surface area contributed by atoms with Crippen LogP contribution in [0.25, 0.3) is 5.57 Å². The van der Waals surface area contributed by atoms with E-state index in [0.29, 0.717) is 18.6 Å². The summed E-state index contributed by atoms with van der Waals surface area (Å²) in [5, 5.41) is 0. The first kappa shape index (κ1) is 16.6. The first-order chi connectivity index (χ1) is 12.5. The summed E-state index contributed by atoms with van der Waals surface area (Å²) in [6, 6.07) is 15.7. The molecular weight excluding hydrogens is 326 g/mol. The van der Waals surface area contributed by atoms with Gasteiger partial charge in [0.1, 0.15) is 5.41 Å². The van der Waals surface area contributed by atoms with E-state index in [9.17, 15) is 9.59 Å². The Balaban J connectivity index is 2.02. The second kappa shape index (κ2) is 5.84. The Hall–Kier alpha value is -2.88. The number of benzene rings is 2. The zero-order valence-corrected chi connectivity index (χ0v) is 15.2. The molecule has 0 aromatic heterocycles. The van der Waals surface area contributed by atoms with Gasteiger partial charge in [0.05, 0.1) is 6.61 Å². The van der Waals surface area contributed by atoms with Crippen LogP contribution in [0.15, 0.2) is 54.1 Å². The summed E-state index contributed by atoms with van der Waals surface area (Å²) in [4.78, 5) is 27.8. The zero-order chi connectivity index (χ0) is 18.5. The predicted octanol–water partition coefficient (Wildman–Crippen LogP) is 3.69. The van der Waals surface area contributed by atoms with E-state index in [0.717, 1.165) is 28.0 Å². The first-order valence-electron chi connectivity index (χ1n) is 8.86. The minimum absolute atomic E-state index is 0.000415. The van der Waals surface area contributed by atoms with Gasteiger partial charge < -0.3 is 9.64 Å². The summed E-state index contributed by atoms with van der Waals surface area (Å²) in [6.45, 7) is 4.05. The molecule has 26 heavy (non-hydrogen) atoms. The van der Waals surface area contributed by atoms with Crippen LogP contribution in [0.4, 0.5) is 5.69 Å². The average molecular weight is 347 g/mol. The molecule has 4 heteroatoms. The minimum Gasteiger partial charge on any atom is -0.463 e. The molecule has 0 saturated carbocycles. The second-order valence-corrected chi connectivity index (χ2v) is 6.83. The molecule has 4 rings (SSSR count). The third kappa shape index (κ3) is 2.02. The predicted molar refractivity (Wildman–Crippen MR) is 101 cm³/mol. The topological polar surface area (TPSA) is 46.6 Å². The van der Waals surface area contributed by atoms with Crippen LogP contribution in [0.5, 0.6) is 0 Å². The maximum Gasteiger partial charge on any atom is 0.334 e. The third-order valence-electron chi connectivity index (χ3n) is 5.60. The standard InChI is InChI=1S/C22H21NO3/c1-4-26-20(24)16-13-22(17-10-6-5-9-15(17)14(16)2)18-11-7-8-12-19(18)23(3)21(22)25/h5-12H,4,13H2,1-3H3. The summed E-state index contributed by atoms with van der Waals surface area (Å²) in [5.41, 5.74) is 4.37. The first-order valence-corrected chi connectivity index (χ1v) is 8.86. The van der Waals surface area contributed by atoms with E-state index >= 15 is 0 Å². The van der Waals surface area contributed by atoms with Gasteiger partial charge in [-0.25, -0.2) is 4.79 Å². The minimum atomic E-state index is -0.871. The van der Waals surface area contributed by atoms with Gasteiger partial charge in [0.25, 0.3) is 0 Å². The zero-order valence-electron chi connectivity index (χ0n) is 15.2. The third-order valence-corrected chi connectivity index (χ3v) is 5.60. The van der Waals surface area contributed by atoms with Crippen LogP contribution in [0.3, 0.4) is 0 Å². The molecule has 0 radical (unpaired) electrons. The number of hydrogen-bond acceptors (Lipinski definition) is 3. The van der Waals surface area contributed by atoms with Crippen molar-refractivity contribution in [3.63, 3.8) is 0 Å². The van der Waals surface area contributed by atoms with Crippen molar-refractivity contribution < 1.29 is 14.3 Å². The smallest absolute Gasteiger partial charge is 0.334 e. The van der Waals surface area contributed by atoms with Gasteiger partial charge >= 0.3 is 5.97 Å². The number of ether oxygens (including phenoxy) is 1. The van der Waals surface area contributed by atoms with E-state index in [4.69, 9.17) is 4.74 Å². The fourth-order valence-electron chi connectivity index (χ4n) is 4.35. The molecule has 1 atom stereocenters. The van der Waals surface area contributed by atoms with Gasteiger partial charge in [-0.15, -0.1) is 0 Å². The van der Waals surface area contributed by atoms with Crippen molar-refractivity contribution in [2.45, 2.75) is 25.7 Å². The highest BCUT2D eigenvalue weighted by Crippen LogP contribution is 2.53. The summed E-state index contributed by atoms with van der Waals surface area (Å²) >= 11 is 0. The molecular formula is C22H21NO3. The van der Waals surface area contributed by atoms with E-state index in [2.05, 4.69) is 0 Å². The molecule has 2 aromatic rings. The van der Waals surface area contributed by atoms with Crippen molar-refractivity contribution in [3.8, 4) is 0 Å². The quantitative estimate of drug-likeness (QED) is 0.779. The van der Waals surface area contributed by atoms with Crippen molar-refractivity contribution in [1.82, 2.24) is 0 Å². The van der Waals surface area contributed by atoms with Gasteiger partial charge in [-0.3, -0.25) is 4.79 Å². The number of anilines is 1. The van der Waals surface area contributed by atoms with Crippen molar-refractivity contribution in [1.29, 1.82) is 0 Å². The fourth-order valence-corrected chi connectivity index (χ4v) is 4.35. The van der Waals surface area contributed by atoms with Crippen LogP contribution in [0.2, 0.25) is 0 Å². The average Bonchev–Trinajstić information content (AvgIpc) is 2.88. The summed E-state index contributed by atoms with van der Waals surface area (Å²) in [7, 11) is 1.80. The molecule has 0 saturated heterocycles. The van der Waals surface area contributed by atoms with E-state index < -0.39 is 5.41 Å². The number of nitrogens with zero attached hydrogens (tertiary/aromatic N) is 1. The lowest BCUT2D eigenvalue weighted by Crippen LogP contribution is -2.43. The molecule has 4 nitrogen and oxygen atoms in total. The molecule has 1 unspecified atom stereocenters. The number of esters is 1. The van der Waals surface area contributed by atoms with Crippen LogP contribution in [0, 0.1) is 0 Å². The van der Waals surface area contributed by atoms with Crippen LogP contribution >= 0.6 is 0 Å². The van der Waals surface area contributed by atoms with Crippen LogP contribution in [-0.2, 0) is 19.7 Å². The van der Waals surface area contributed by atoms with E-state index in [1.54, 1.807) is 18.9 Å². The van der Waals surface area contributed by atoms with Crippen LogP contribution < -0.4 is 4.90 Å². The van der Waals surface area contributed by atoms with Gasteiger partial charge in [-0.1, -0.05) is 42.5 Å². The number of fused-ring (bicyclic) bond motifs is 4.